The van der Waals surface area contributed by atoms with Gasteiger partial charge in [0.15, 0.2) is 23.0 Å². The summed E-state index contributed by atoms with van der Waals surface area (Å²) in [6.45, 7) is 0. The Morgan fingerprint density at radius 2 is 1.20 bits per heavy atom. The van der Waals surface area contributed by atoms with Crippen molar-refractivity contribution >= 4 is 5.97 Å². The molecule has 2 aromatic carbocycles. The second-order valence-corrected chi connectivity index (χ2v) is 4.98. The third-order valence-corrected chi connectivity index (χ3v) is 3.70. The van der Waals surface area contributed by atoms with Gasteiger partial charge >= 0.3 is 5.97 Å². The Labute approximate surface area is 145 Å². The lowest BCUT2D eigenvalue weighted by Crippen LogP contribution is -2.02. The van der Waals surface area contributed by atoms with Gasteiger partial charge in [0.25, 0.3) is 0 Å². The zero-order valence-electron chi connectivity index (χ0n) is 14.7. The largest absolute Gasteiger partial charge is 0.493 e. The van der Waals surface area contributed by atoms with E-state index in [2.05, 4.69) is 0 Å². The minimum Gasteiger partial charge on any atom is -0.493 e. The van der Waals surface area contributed by atoms with E-state index in [-0.39, 0.29) is 5.56 Å². The Morgan fingerprint density at radius 3 is 1.60 bits per heavy atom. The van der Waals surface area contributed by atoms with Crippen LogP contribution in [-0.4, -0.2) is 46.6 Å². The van der Waals surface area contributed by atoms with Gasteiger partial charge in [0.2, 0.25) is 5.75 Å². The molecular formula is C18H20O7. The average molecular weight is 348 g/mol. The van der Waals surface area contributed by atoms with Crippen LogP contribution in [0.2, 0.25) is 0 Å². The molecule has 2 aromatic rings. The van der Waals surface area contributed by atoms with Crippen molar-refractivity contribution in [1.29, 1.82) is 0 Å². The second kappa shape index (κ2) is 7.65. The van der Waals surface area contributed by atoms with Crippen LogP contribution in [0.15, 0.2) is 24.3 Å². The molecule has 0 aliphatic carbocycles. The van der Waals surface area contributed by atoms with Crippen LogP contribution < -0.4 is 23.7 Å². The van der Waals surface area contributed by atoms with Crippen molar-refractivity contribution in [3.05, 3.63) is 29.8 Å². The zero-order chi connectivity index (χ0) is 18.6. The highest BCUT2D eigenvalue weighted by atomic mass is 16.5. The SMILES string of the molecule is COc1cc(-c2cc(C(=O)O)cc(OC)c2OC)cc(OC)c1OC. The molecule has 0 unspecified atom stereocenters. The highest BCUT2D eigenvalue weighted by Gasteiger charge is 2.20. The van der Waals surface area contributed by atoms with Crippen LogP contribution in [-0.2, 0) is 0 Å². The van der Waals surface area contributed by atoms with Crippen LogP contribution in [0.4, 0.5) is 0 Å². The summed E-state index contributed by atoms with van der Waals surface area (Å²) in [4.78, 5) is 11.4. The fourth-order valence-electron chi connectivity index (χ4n) is 2.54. The molecule has 1 N–H and O–H groups in total. The molecule has 7 heteroatoms. The lowest BCUT2D eigenvalue weighted by atomic mass is 10.00. The van der Waals surface area contributed by atoms with Gasteiger partial charge in [-0.3, -0.25) is 0 Å². The summed E-state index contributed by atoms with van der Waals surface area (Å²) >= 11 is 0. The van der Waals surface area contributed by atoms with Gasteiger partial charge < -0.3 is 28.8 Å². The number of hydrogen-bond acceptors (Lipinski definition) is 6. The van der Waals surface area contributed by atoms with Crippen molar-refractivity contribution in [2.24, 2.45) is 0 Å². The summed E-state index contributed by atoms with van der Waals surface area (Å²) in [5.41, 5.74) is 1.23. The van der Waals surface area contributed by atoms with E-state index in [1.165, 1.54) is 47.7 Å². The molecule has 0 saturated carbocycles. The maximum atomic E-state index is 11.4. The molecule has 2 rings (SSSR count). The van der Waals surface area contributed by atoms with Gasteiger partial charge in [0.1, 0.15) is 0 Å². The summed E-state index contributed by atoms with van der Waals surface area (Å²) in [5.74, 6) is 0.967. The van der Waals surface area contributed by atoms with E-state index in [0.717, 1.165) is 0 Å². The molecule has 0 amide bonds. The number of carboxylic acids is 1. The lowest BCUT2D eigenvalue weighted by Gasteiger charge is -2.17. The van der Waals surface area contributed by atoms with E-state index >= 15 is 0 Å². The molecule has 0 saturated heterocycles. The van der Waals surface area contributed by atoms with Gasteiger partial charge in [-0.1, -0.05) is 0 Å². The van der Waals surface area contributed by atoms with Crippen molar-refractivity contribution in [1.82, 2.24) is 0 Å². The van der Waals surface area contributed by atoms with Gasteiger partial charge in [-0.15, -0.1) is 0 Å². The number of benzene rings is 2. The van der Waals surface area contributed by atoms with Gasteiger partial charge in [-0.2, -0.15) is 0 Å². The highest BCUT2D eigenvalue weighted by Crippen LogP contribution is 2.45. The Bertz CT molecular complexity index is 758. The summed E-state index contributed by atoms with van der Waals surface area (Å²) in [6, 6.07) is 6.33. The van der Waals surface area contributed by atoms with E-state index in [1.807, 2.05) is 0 Å². The van der Waals surface area contributed by atoms with Crippen LogP contribution >= 0.6 is 0 Å². The molecular weight excluding hydrogens is 328 g/mol. The molecule has 0 aliphatic rings. The summed E-state index contributed by atoms with van der Waals surface area (Å²) in [6.07, 6.45) is 0. The second-order valence-electron chi connectivity index (χ2n) is 4.98. The number of carboxylic acid groups (broad SMARTS) is 1. The van der Waals surface area contributed by atoms with Crippen molar-refractivity contribution in [3.8, 4) is 39.9 Å². The van der Waals surface area contributed by atoms with E-state index in [4.69, 9.17) is 23.7 Å². The number of methoxy groups -OCH3 is 5. The van der Waals surface area contributed by atoms with Crippen LogP contribution in [0.5, 0.6) is 28.7 Å². The van der Waals surface area contributed by atoms with Gasteiger partial charge in [-0.05, 0) is 29.8 Å². The standard InChI is InChI=1S/C18H20O7/c1-21-13-9-11(18(19)20)6-12(16(13)24-4)10-7-14(22-2)17(25-5)15(8-10)23-3/h6-9H,1-5H3,(H,19,20). The molecule has 0 fully saturated rings. The smallest absolute Gasteiger partial charge is 0.335 e. The number of aromatic carboxylic acids is 1. The Kier molecular flexibility index (Phi) is 5.59. The lowest BCUT2D eigenvalue weighted by molar-refractivity contribution is 0.0696. The van der Waals surface area contributed by atoms with E-state index in [1.54, 1.807) is 12.1 Å². The van der Waals surface area contributed by atoms with Gasteiger partial charge in [0.05, 0.1) is 41.1 Å². The predicted octanol–water partition coefficient (Wildman–Crippen LogP) is 3.09. The number of hydrogen-bond donors (Lipinski definition) is 1. The molecule has 0 atom stereocenters. The van der Waals surface area contributed by atoms with Crippen molar-refractivity contribution in [3.63, 3.8) is 0 Å². The maximum absolute atomic E-state index is 11.4. The quantitative estimate of drug-likeness (QED) is 0.823. The zero-order valence-corrected chi connectivity index (χ0v) is 14.7. The van der Waals surface area contributed by atoms with Gasteiger partial charge in [-0.25, -0.2) is 4.79 Å². The fraction of sp³-hybridized carbons (Fsp3) is 0.278. The molecule has 25 heavy (non-hydrogen) atoms. The average Bonchev–Trinajstić information content (AvgIpc) is 2.65. The summed E-state index contributed by atoms with van der Waals surface area (Å²) in [5, 5.41) is 9.36. The first-order chi connectivity index (χ1) is 12.0. The van der Waals surface area contributed by atoms with Crippen LogP contribution in [0.3, 0.4) is 0 Å². The first-order valence-electron chi connectivity index (χ1n) is 7.30. The van der Waals surface area contributed by atoms with Crippen LogP contribution in [0.1, 0.15) is 10.4 Å². The van der Waals surface area contributed by atoms with E-state index < -0.39 is 5.97 Å². The van der Waals surface area contributed by atoms with Crippen molar-refractivity contribution < 1.29 is 33.6 Å². The molecule has 0 aliphatic heterocycles. The Morgan fingerprint density at radius 1 is 0.720 bits per heavy atom. The highest BCUT2D eigenvalue weighted by molar-refractivity contribution is 5.92. The first-order valence-corrected chi connectivity index (χ1v) is 7.30. The van der Waals surface area contributed by atoms with Gasteiger partial charge in [0, 0.05) is 5.56 Å². The molecule has 0 bridgehead atoms. The third-order valence-electron chi connectivity index (χ3n) is 3.70. The third kappa shape index (κ3) is 3.40. The monoisotopic (exact) mass is 348 g/mol. The van der Waals surface area contributed by atoms with E-state index in [9.17, 15) is 9.90 Å². The molecule has 7 nitrogen and oxygen atoms in total. The van der Waals surface area contributed by atoms with E-state index in [0.29, 0.717) is 39.9 Å². The maximum Gasteiger partial charge on any atom is 0.335 e. The Balaban J connectivity index is 2.80. The normalized spacial score (nSPS) is 10.1. The predicted molar refractivity (Wildman–Crippen MR) is 91.6 cm³/mol. The topological polar surface area (TPSA) is 83.5 Å². The molecule has 134 valence electrons. The number of ether oxygens (including phenoxy) is 5. The fourth-order valence-corrected chi connectivity index (χ4v) is 2.54. The van der Waals surface area contributed by atoms with Crippen molar-refractivity contribution in [2.45, 2.75) is 0 Å². The number of rotatable bonds is 7. The van der Waals surface area contributed by atoms with Crippen LogP contribution in [0, 0.1) is 0 Å². The minimum absolute atomic E-state index is 0.0707. The molecule has 0 radical (unpaired) electrons. The first kappa shape index (κ1) is 18.3. The molecule has 0 aromatic heterocycles. The van der Waals surface area contributed by atoms with Crippen molar-refractivity contribution in [2.75, 3.05) is 35.5 Å². The summed E-state index contributed by atoms with van der Waals surface area (Å²) < 4.78 is 26.7. The minimum atomic E-state index is -1.07. The summed E-state index contributed by atoms with van der Waals surface area (Å²) in [7, 11) is 7.45. The molecule has 0 heterocycles. The number of carbonyl (C=O) groups is 1. The van der Waals surface area contributed by atoms with Crippen LogP contribution in [0.25, 0.3) is 11.1 Å². The molecule has 0 spiro atoms. The Hall–Kier alpha value is -3.09.